The summed E-state index contributed by atoms with van der Waals surface area (Å²) in [5.41, 5.74) is -0.791. The first-order valence-corrected chi connectivity index (χ1v) is 7.93. The lowest BCUT2D eigenvalue weighted by molar-refractivity contribution is -0.286. The van der Waals surface area contributed by atoms with Gasteiger partial charge in [0.2, 0.25) is 10.0 Å². The van der Waals surface area contributed by atoms with Crippen LogP contribution in [-0.4, -0.2) is 39.0 Å². The second-order valence-electron chi connectivity index (χ2n) is 5.22. The number of alkyl halides is 5. The van der Waals surface area contributed by atoms with Gasteiger partial charge in [-0.1, -0.05) is 6.92 Å². The van der Waals surface area contributed by atoms with Gasteiger partial charge in [0.25, 0.3) is 0 Å². The smallest absolute Gasteiger partial charge is 0.465 e. The minimum atomic E-state index is -6.03. The van der Waals surface area contributed by atoms with E-state index < -0.39 is 52.4 Å². The summed E-state index contributed by atoms with van der Waals surface area (Å²) in [5.74, 6) is -1.64. The molecule has 5 nitrogen and oxygen atoms in total. The molecule has 0 radical (unpaired) electrons. The number of esters is 1. The number of sulfonamides is 1. The zero-order chi connectivity index (χ0) is 17.8. The maximum absolute atomic E-state index is 12.6. The van der Waals surface area contributed by atoms with Crippen molar-refractivity contribution in [3.63, 3.8) is 0 Å². The van der Waals surface area contributed by atoms with Gasteiger partial charge in [0.15, 0.2) is 0 Å². The maximum Gasteiger partial charge on any atom is 0.470 e. The molecule has 0 heterocycles. The van der Waals surface area contributed by atoms with Crippen LogP contribution in [0.3, 0.4) is 0 Å². The van der Waals surface area contributed by atoms with Gasteiger partial charge < -0.3 is 4.74 Å². The Kier molecular flexibility index (Phi) is 6.76. The molecule has 0 atom stereocenters. The molecule has 132 valence electrons. The molecule has 0 aromatic carbocycles. The molecular weight excluding hydrogens is 337 g/mol. The molecule has 0 saturated carbocycles. The van der Waals surface area contributed by atoms with Crippen molar-refractivity contribution in [2.45, 2.75) is 45.8 Å². The van der Waals surface area contributed by atoms with E-state index in [0.717, 1.165) is 0 Å². The Balaban J connectivity index is 4.40. The lowest BCUT2D eigenvalue weighted by atomic mass is 9.91. The van der Waals surface area contributed by atoms with E-state index in [1.807, 2.05) is 0 Å². The fourth-order valence-electron chi connectivity index (χ4n) is 1.06. The van der Waals surface area contributed by atoms with Gasteiger partial charge in [0.05, 0.1) is 17.8 Å². The minimum absolute atomic E-state index is 0.276. The Morgan fingerprint density at radius 1 is 1.14 bits per heavy atom. The van der Waals surface area contributed by atoms with Gasteiger partial charge in [-0.15, -0.1) is 4.72 Å². The SMILES string of the molecule is CCC(C)(C)C(=O)OCCCS(=O)(=O)NC(F)(F)C(F)(F)F. The fraction of sp³-hybridized carbons (Fsp3) is 0.909. The zero-order valence-electron chi connectivity index (χ0n) is 12.3. The molecule has 0 rings (SSSR count). The molecule has 0 unspecified atom stereocenters. The molecule has 1 N–H and O–H groups in total. The van der Waals surface area contributed by atoms with E-state index in [-0.39, 0.29) is 4.72 Å². The molecule has 0 aromatic heterocycles. The normalized spacial score (nSPS) is 14.0. The fourth-order valence-corrected chi connectivity index (χ4v) is 2.16. The van der Waals surface area contributed by atoms with Crippen molar-refractivity contribution >= 4 is 16.0 Å². The topological polar surface area (TPSA) is 72.5 Å². The Morgan fingerprint density at radius 3 is 2.05 bits per heavy atom. The van der Waals surface area contributed by atoms with Crippen LogP contribution in [0.25, 0.3) is 0 Å². The molecule has 0 aromatic rings. The monoisotopic (exact) mass is 355 g/mol. The van der Waals surface area contributed by atoms with Crippen molar-refractivity contribution in [3.8, 4) is 0 Å². The van der Waals surface area contributed by atoms with Crippen molar-refractivity contribution < 1.29 is 39.9 Å². The van der Waals surface area contributed by atoms with E-state index in [2.05, 4.69) is 0 Å². The summed E-state index contributed by atoms with van der Waals surface area (Å²) < 4.78 is 88.1. The maximum atomic E-state index is 12.6. The van der Waals surface area contributed by atoms with Crippen LogP contribution in [0.2, 0.25) is 0 Å². The summed E-state index contributed by atoms with van der Waals surface area (Å²) in [5, 5.41) is 0. The first kappa shape index (κ1) is 21.0. The number of rotatable bonds is 8. The molecule has 0 spiro atoms. The molecule has 0 aliphatic rings. The third-order valence-corrected chi connectivity index (χ3v) is 4.26. The van der Waals surface area contributed by atoms with Crippen LogP contribution >= 0.6 is 0 Å². The van der Waals surface area contributed by atoms with Crippen molar-refractivity contribution in [3.05, 3.63) is 0 Å². The standard InChI is InChI=1S/C11H18F5NO4S/c1-4-9(2,3)8(18)21-6-5-7-22(19,20)17-11(15,16)10(12,13)14/h17H,4-7H2,1-3H3. The van der Waals surface area contributed by atoms with Crippen molar-refractivity contribution in [1.29, 1.82) is 0 Å². The summed E-state index contributed by atoms with van der Waals surface area (Å²) in [6.45, 7) is 4.52. The number of carbonyl (C=O) groups excluding carboxylic acids is 1. The number of halogens is 5. The first-order chi connectivity index (χ1) is 9.65. The van der Waals surface area contributed by atoms with Crippen LogP contribution in [0.1, 0.15) is 33.6 Å². The molecule has 0 amide bonds. The number of hydrogen-bond acceptors (Lipinski definition) is 4. The number of nitrogens with one attached hydrogen (secondary N) is 1. The van der Waals surface area contributed by atoms with Crippen molar-refractivity contribution in [2.75, 3.05) is 12.4 Å². The third-order valence-electron chi connectivity index (χ3n) is 2.87. The third kappa shape index (κ3) is 6.42. The van der Waals surface area contributed by atoms with Crippen LogP contribution in [0.4, 0.5) is 22.0 Å². The second-order valence-corrected chi connectivity index (χ2v) is 7.06. The van der Waals surface area contributed by atoms with Gasteiger partial charge >= 0.3 is 18.2 Å². The lowest BCUT2D eigenvalue weighted by Crippen LogP contribution is -2.52. The van der Waals surface area contributed by atoms with Gasteiger partial charge in [-0.2, -0.15) is 22.0 Å². The van der Waals surface area contributed by atoms with E-state index in [1.54, 1.807) is 20.8 Å². The van der Waals surface area contributed by atoms with E-state index >= 15 is 0 Å². The molecule has 0 aliphatic carbocycles. The highest BCUT2D eigenvalue weighted by molar-refractivity contribution is 7.89. The van der Waals surface area contributed by atoms with Gasteiger partial charge in [-0.3, -0.25) is 4.79 Å². The Bertz CT molecular complexity index is 487. The van der Waals surface area contributed by atoms with E-state index in [0.29, 0.717) is 6.42 Å². The number of ether oxygens (including phenoxy) is 1. The average molecular weight is 355 g/mol. The van der Waals surface area contributed by atoms with Crippen LogP contribution in [-0.2, 0) is 19.6 Å². The Labute approximate surface area is 125 Å². The highest BCUT2D eigenvalue weighted by atomic mass is 32.2. The Morgan fingerprint density at radius 2 is 1.64 bits per heavy atom. The number of hydrogen-bond donors (Lipinski definition) is 1. The van der Waals surface area contributed by atoms with Gasteiger partial charge in [-0.05, 0) is 26.7 Å². The molecule has 0 saturated heterocycles. The summed E-state index contributed by atoms with van der Waals surface area (Å²) >= 11 is 0. The summed E-state index contributed by atoms with van der Waals surface area (Å²) in [4.78, 5) is 11.5. The summed E-state index contributed by atoms with van der Waals surface area (Å²) in [6, 6.07) is -5.55. The predicted molar refractivity (Wildman–Crippen MR) is 67.6 cm³/mol. The van der Waals surface area contributed by atoms with Crippen molar-refractivity contribution in [1.82, 2.24) is 4.72 Å². The summed E-state index contributed by atoms with van der Waals surface area (Å²) in [6.07, 6.45) is -5.98. The molecule has 11 heteroatoms. The molecule has 0 fully saturated rings. The highest BCUT2D eigenvalue weighted by Crippen LogP contribution is 2.33. The van der Waals surface area contributed by atoms with Crippen LogP contribution in [0, 0.1) is 5.41 Å². The van der Waals surface area contributed by atoms with Gasteiger partial charge in [-0.25, -0.2) is 8.42 Å². The average Bonchev–Trinajstić information content (AvgIpc) is 2.31. The number of carbonyl (C=O) groups is 1. The molecule has 0 aliphatic heterocycles. The molecular formula is C11H18F5NO4S. The lowest BCUT2D eigenvalue weighted by Gasteiger charge is -2.21. The zero-order valence-corrected chi connectivity index (χ0v) is 13.1. The summed E-state index contributed by atoms with van der Waals surface area (Å²) in [7, 11) is -4.87. The van der Waals surface area contributed by atoms with Gasteiger partial charge in [0, 0.05) is 0 Å². The minimum Gasteiger partial charge on any atom is -0.465 e. The quantitative estimate of drug-likeness (QED) is 0.314. The molecule has 0 bridgehead atoms. The van der Waals surface area contributed by atoms with Crippen LogP contribution in [0.15, 0.2) is 0 Å². The van der Waals surface area contributed by atoms with Crippen LogP contribution in [0.5, 0.6) is 0 Å². The van der Waals surface area contributed by atoms with E-state index in [4.69, 9.17) is 4.74 Å². The predicted octanol–water partition coefficient (Wildman–Crippen LogP) is 2.43. The van der Waals surface area contributed by atoms with Crippen molar-refractivity contribution in [2.24, 2.45) is 5.41 Å². The largest absolute Gasteiger partial charge is 0.470 e. The first-order valence-electron chi connectivity index (χ1n) is 6.28. The van der Waals surface area contributed by atoms with E-state index in [1.165, 1.54) is 0 Å². The van der Waals surface area contributed by atoms with E-state index in [9.17, 15) is 35.2 Å². The van der Waals surface area contributed by atoms with Gasteiger partial charge in [0.1, 0.15) is 0 Å². The highest BCUT2D eigenvalue weighted by Gasteiger charge is 2.59. The second kappa shape index (κ2) is 7.07. The molecule has 22 heavy (non-hydrogen) atoms. The van der Waals surface area contributed by atoms with Crippen LogP contribution < -0.4 is 4.72 Å². The Hall–Kier alpha value is -0.970.